The lowest BCUT2D eigenvalue weighted by atomic mass is 9.73. The Balaban J connectivity index is 1.41. The molecular formula is C24H24F3N3O3S. The van der Waals surface area contributed by atoms with Crippen LogP contribution in [-0.4, -0.2) is 42.4 Å². The monoisotopic (exact) mass is 491 g/mol. The van der Waals surface area contributed by atoms with Crippen molar-refractivity contribution >= 4 is 21.2 Å². The lowest BCUT2D eigenvalue weighted by molar-refractivity contribution is -0.0500. The molecule has 2 aliphatic carbocycles. The molecule has 0 bridgehead atoms. The van der Waals surface area contributed by atoms with E-state index in [1.807, 2.05) is 18.2 Å². The van der Waals surface area contributed by atoms with Crippen LogP contribution in [0, 0.1) is 5.92 Å². The normalized spacial score (nSPS) is 24.8. The first-order valence-corrected chi connectivity index (χ1v) is 12.9. The van der Waals surface area contributed by atoms with Crippen LogP contribution in [0.1, 0.15) is 54.6 Å². The molecule has 1 N–H and O–H groups in total. The summed E-state index contributed by atoms with van der Waals surface area (Å²) >= 11 is 0. The number of rotatable bonds is 4. The van der Waals surface area contributed by atoms with Crippen molar-refractivity contribution in [3.8, 4) is 16.9 Å². The highest BCUT2D eigenvalue weighted by atomic mass is 32.2. The van der Waals surface area contributed by atoms with Gasteiger partial charge < -0.3 is 9.17 Å². The molecule has 34 heavy (non-hydrogen) atoms. The van der Waals surface area contributed by atoms with Crippen molar-refractivity contribution in [2.45, 2.75) is 49.6 Å². The predicted octanol–water partition coefficient (Wildman–Crippen LogP) is 5.27. The number of alkyl halides is 3. The lowest BCUT2D eigenvalue weighted by Crippen LogP contribution is -2.28. The van der Waals surface area contributed by atoms with Crippen molar-refractivity contribution in [2.24, 2.45) is 5.92 Å². The maximum Gasteiger partial charge on any atom is 0.534 e. The minimum atomic E-state index is -5.72. The third-order valence-electron chi connectivity index (χ3n) is 7.70. The topological polar surface area (TPSA) is 75.3 Å². The standard InChI is InChI=1S/C24H24F3N3O3S/c1-30-10-2-3-20(30)23-28-18-8-5-14(12-19(18)29-23)16-7-9-21(33-34(31,32)24(25,26)27)17-11-13-4-6-15(13)22(16)17/h5,7-9,12-13,15,20H,2-4,6,10-11H2,1H3,(H,28,29). The van der Waals surface area contributed by atoms with Gasteiger partial charge in [0.25, 0.3) is 0 Å². The van der Waals surface area contributed by atoms with Crippen LogP contribution in [0.3, 0.4) is 0 Å². The third-order valence-corrected chi connectivity index (χ3v) is 8.66. The fraction of sp³-hybridized carbons (Fsp3) is 0.458. The molecule has 0 spiro atoms. The number of benzene rings is 2. The van der Waals surface area contributed by atoms with E-state index < -0.39 is 15.6 Å². The SMILES string of the molecule is CN1CCCC1c1nc2ccc(-c3ccc(OS(=O)(=O)C(F)(F)F)c4c3C3CCC3C4)cc2[nH]1. The number of H-pyrrole nitrogens is 1. The quantitative estimate of drug-likeness (QED) is 0.397. The summed E-state index contributed by atoms with van der Waals surface area (Å²) in [4.78, 5) is 10.5. The van der Waals surface area contributed by atoms with Crippen molar-refractivity contribution < 1.29 is 25.8 Å². The van der Waals surface area contributed by atoms with Gasteiger partial charge in [-0.05, 0) is 92.4 Å². The summed E-state index contributed by atoms with van der Waals surface area (Å²) in [6.45, 7) is 1.04. The Hall–Kier alpha value is -2.59. The van der Waals surface area contributed by atoms with Crippen molar-refractivity contribution in [1.82, 2.24) is 14.9 Å². The van der Waals surface area contributed by atoms with Gasteiger partial charge in [0.15, 0.2) is 0 Å². The van der Waals surface area contributed by atoms with E-state index in [0.717, 1.165) is 65.8 Å². The summed E-state index contributed by atoms with van der Waals surface area (Å²) in [5.41, 5.74) is -0.353. The largest absolute Gasteiger partial charge is 0.534 e. The summed E-state index contributed by atoms with van der Waals surface area (Å²) in [5.74, 6) is 1.26. The van der Waals surface area contributed by atoms with E-state index in [9.17, 15) is 21.6 Å². The summed E-state index contributed by atoms with van der Waals surface area (Å²) in [7, 11) is -3.63. The number of nitrogens with zero attached hydrogens (tertiary/aromatic N) is 2. The molecule has 2 fully saturated rings. The van der Waals surface area contributed by atoms with Crippen LogP contribution in [0.25, 0.3) is 22.2 Å². The van der Waals surface area contributed by atoms with E-state index in [0.29, 0.717) is 17.9 Å². The van der Waals surface area contributed by atoms with Gasteiger partial charge in [-0.3, -0.25) is 4.90 Å². The number of aromatic nitrogens is 2. The zero-order valence-corrected chi connectivity index (χ0v) is 19.3. The maximum absolute atomic E-state index is 12.9. The van der Waals surface area contributed by atoms with Crippen LogP contribution in [0.2, 0.25) is 0 Å². The molecule has 6 rings (SSSR count). The van der Waals surface area contributed by atoms with Crippen LogP contribution in [-0.2, 0) is 16.5 Å². The molecule has 3 unspecified atom stereocenters. The Morgan fingerprint density at radius 2 is 1.97 bits per heavy atom. The second kappa shape index (κ2) is 7.45. The van der Waals surface area contributed by atoms with Crippen LogP contribution < -0.4 is 4.18 Å². The average Bonchev–Trinajstić information content (AvgIpc) is 3.42. The number of hydrogen-bond acceptors (Lipinski definition) is 5. The Morgan fingerprint density at radius 1 is 1.15 bits per heavy atom. The molecule has 3 aromatic rings. The second-order valence-corrected chi connectivity index (χ2v) is 11.2. The number of halogens is 3. The van der Waals surface area contributed by atoms with Gasteiger partial charge in [0.05, 0.1) is 17.1 Å². The van der Waals surface area contributed by atoms with Gasteiger partial charge in [-0.25, -0.2) is 4.98 Å². The minimum absolute atomic E-state index is 0.209. The summed E-state index contributed by atoms with van der Waals surface area (Å²) in [6.07, 6.45) is 4.63. The zero-order valence-electron chi connectivity index (χ0n) is 18.5. The van der Waals surface area contributed by atoms with Crippen LogP contribution >= 0.6 is 0 Å². The van der Waals surface area contributed by atoms with Crippen LogP contribution in [0.15, 0.2) is 30.3 Å². The van der Waals surface area contributed by atoms with Gasteiger partial charge in [-0.1, -0.05) is 12.1 Å². The molecule has 2 aromatic carbocycles. The first kappa shape index (κ1) is 21.9. The summed E-state index contributed by atoms with van der Waals surface area (Å²) in [5, 5.41) is 0. The highest BCUT2D eigenvalue weighted by molar-refractivity contribution is 7.88. The lowest BCUT2D eigenvalue weighted by Gasteiger charge is -2.31. The third kappa shape index (κ3) is 3.33. The van der Waals surface area contributed by atoms with Gasteiger partial charge in [0.2, 0.25) is 0 Å². The average molecular weight is 492 g/mol. The highest BCUT2D eigenvalue weighted by Crippen LogP contribution is 2.56. The van der Waals surface area contributed by atoms with E-state index in [2.05, 4.69) is 21.1 Å². The van der Waals surface area contributed by atoms with Gasteiger partial charge in [0.1, 0.15) is 11.6 Å². The molecule has 180 valence electrons. The molecule has 0 radical (unpaired) electrons. The molecule has 10 heteroatoms. The zero-order chi connectivity index (χ0) is 23.8. The van der Waals surface area contributed by atoms with Gasteiger partial charge in [-0.2, -0.15) is 21.6 Å². The Kier molecular flexibility index (Phi) is 4.80. The Bertz CT molecular complexity index is 1400. The first-order valence-electron chi connectivity index (χ1n) is 11.5. The minimum Gasteiger partial charge on any atom is -0.376 e. The van der Waals surface area contributed by atoms with Gasteiger partial charge in [-0.15, -0.1) is 0 Å². The van der Waals surface area contributed by atoms with Gasteiger partial charge >= 0.3 is 15.6 Å². The number of likely N-dealkylation sites (tertiary alicyclic amines) is 1. The molecule has 1 saturated heterocycles. The van der Waals surface area contributed by atoms with Crippen LogP contribution in [0.4, 0.5) is 13.2 Å². The number of fused-ring (bicyclic) bond motifs is 4. The Labute approximate surface area is 195 Å². The number of hydrogen-bond donors (Lipinski definition) is 1. The smallest absolute Gasteiger partial charge is 0.376 e. The molecule has 1 aromatic heterocycles. The molecule has 3 atom stereocenters. The van der Waals surface area contributed by atoms with E-state index in [4.69, 9.17) is 4.98 Å². The first-order chi connectivity index (χ1) is 16.1. The van der Waals surface area contributed by atoms with Crippen LogP contribution in [0.5, 0.6) is 5.75 Å². The molecule has 0 amide bonds. The molecule has 1 saturated carbocycles. The van der Waals surface area contributed by atoms with E-state index in [1.165, 1.54) is 6.07 Å². The Morgan fingerprint density at radius 3 is 2.65 bits per heavy atom. The predicted molar refractivity (Wildman–Crippen MR) is 121 cm³/mol. The fourth-order valence-corrected chi connectivity index (χ4v) is 6.33. The maximum atomic E-state index is 12.9. The molecule has 1 aliphatic heterocycles. The number of aromatic amines is 1. The van der Waals surface area contributed by atoms with Gasteiger partial charge in [0, 0.05) is 5.56 Å². The molecular weight excluding hydrogens is 467 g/mol. The number of nitrogens with one attached hydrogen (secondary N) is 1. The van der Waals surface area contributed by atoms with E-state index >= 15 is 0 Å². The molecule has 6 nitrogen and oxygen atoms in total. The molecule has 3 aliphatic rings. The van der Waals surface area contributed by atoms with E-state index in [1.54, 1.807) is 6.07 Å². The highest BCUT2D eigenvalue weighted by Gasteiger charge is 2.50. The summed E-state index contributed by atoms with van der Waals surface area (Å²) in [6, 6.07) is 9.26. The van der Waals surface area contributed by atoms with Crippen molar-refractivity contribution in [3.05, 3.63) is 47.3 Å². The fourth-order valence-electron chi connectivity index (χ4n) is 5.84. The molecule has 2 heterocycles. The second-order valence-electron chi connectivity index (χ2n) is 9.63. The number of imidazole rings is 1. The van der Waals surface area contributed by atoms with Crippen molar-refractivity contribution in [2.75, 3.05) is 13.6 Å². The summed E-state index contributed by atoms with van der Waals surface area (Å²) < 4.78 is 66.8. The van der Waals surface area contributed by atoms with Crippen molar-refractivity contribution in [1.29, 1.82) is 0 Å². The van der Waals surface area contributed by atoms with Crippen molar-refractivity contribution in [3.63, 3.8) is 0 Å². The van der Waals surface area contributed by atoms with E-state index in [-0.39, 0.29) is 17.7 Å².